The number of hydrogen-bond acceptors (Lipinski definition) is 0. The molecule has 0 nitrogen and oxygen atoms in total. The van der Waals surface area contributed by atoms with E-state index in [9.17, 15) is 0 Å². The molecule has 1 aliphatic rings. The van der Waals surface area contributed by atoms with Crippen molar-refractivity contribution in [3.05, 3.63) is 47.0 Å². The fourth-order valence-electron chi connectivity index (χ4n) is 2.99. The SMILES string of the molecule is CCCc1ccc([C@H]2CC[C@H](/C=C/Cl)CC2)cc1. The number of hydrogen-bond donors (Lipinski definition) is 0. The van der Waals surface area contributed by atoms with Crippen LogP contribution in [0, 0.1) is 5.92 Å². The van der Waals surface area contributed by atoms with Crippen LogP contribution in [0.15, 0.2) is 35.9 Å². The molecule has 1 fully saturated rings. The van der Waals surface area contributed by atoms with Crippen molar-refractivity contribution in [3.8, 4) is 0 Å². The number of allylic oxidation sites excluding steroid dienone is 1. The molecule has 0 amide bonds. The number of halogens is 1. The van der Waals surface area contributed by atoms with E-state index in [1.165, 1.54) is 49.7 Å². The van der Waals surface area contributed by atoms with E-state index in [1.54, 1.807) is 5.54 Å². The topological polar surface area (TPSA) is 0 Å². The smallest absolute Gasteiger partial charge is 0.000525 e. The Hall–Kier alpha value is -0.750. The van der Waals surface area contributed by atoms with Crippen LogP contribution in [0.5, 0.6) is 0 Å². The van der Waals surface area contributed by atoms with Crippen LogP contribution in [0.25, 0.3) is 0 Å². The van der Waals surface area contributed by atoms with Crippen LogP contribution < -0.4 is 0 Å². The Balaban J connectivity index is 1.92. The summed E-state index contributed by atoms with van der Waals surface area (Å²) in [7, 11) is 0. The molecular weight excluding hydrogens is 240 g/mol. The Morgan fingerprint density at radius 3 is 2.33 bits per heavy atom. The molecule has 0 aromatic heterocycles. The molecular formula is C17H23Cl. The second-order valence-electron chi connectivity index (χ2n) is 5.42. The Morgan fingerprint density at radius 1 is 1.11 bits per heavy atom. The summed E-state index contributed by atoms with van der Waals surface area (Å²) in [6, 6.07) is 9.30. The molecule has 1 aromatic rings. The highest BCUT2D eigenvalue weighted by atomic mass is 35.5. The zero-order chi connectivity index (χ0) is 12.8. The summed E-state index contributed by atoms with van der Waals surface area (Å²) in [6.07, 6.45) is 9.76. The first-order chi connectivity index (χ1) is 8.83. The van der Waals surface area contributed by atoms with Crippen LogP contribution in [0.1, 0.15) is 56.1 Å². The second kappa shape index (κ2) is 6.99. The van der Waals surface area contributed by atoms with Crippen molar-refractivity contribution in [1.29, 1.82) is 0 Å². The summed E-state index contributed by atoms with van der Waals surface area (Å²) in [5.41, 5.74) is 4.69. The fourth-order valence-corrected chi connectivity index (χ4v) is 3.20. The highest BCUT2D eigenvalue weighted by Gasteiger charge is 2.20. The summed E-state index contributed by atoms with van der Waals surface area (Å²) >= 11 is 5.65. The molecule has 0 spiro atoms. The lowest BCUT2D eigenvalue weighted by Crippen LogP contribution is -2.11. The van der Waals surface area contributed by atoms with E-state index in [-0.39, 0.29) is 0 Å². The van der Waals surface area contributed by atoms with E-state index in [4.69, 9.17) is 11.6 Å². The van der Waals surface area contributed by atoms with E-state index in [0.29, 0.717) is 5.92 Å². The first kappa shape index (κ1) is 13.7. The van der Waals surface area contributed by atoms with Crippen LogP contribution in [0.3, 0.4) is 0 Å². The normalized spacial score (nSPS) is 24.6. The van der Waals surface area contributed by atoms with Crippen molar-refractivity contribution >= 4 is 11.6 Å². The first-order valence-electron chi connectivity index (χ1n) is 7.19. The molecule has 0 saturated heterocycles. The van der Waals surface area contributed by atoms with Gasteiger partial charge in [-0.3, -0.25) is 0 Å². The highest BCUT2D eigenvalue weighted by Crippen LogP contribution is 2.36. The molecule has 0 heterocycles. The molecule has 18 heavy (non-hydrogen) atoms. The van der Waals surface area contributed by atoms with Crippen molar-refractivity contribution in [2.45, 2.75) is 51.4 Å². The summed E-state index contributed by atoms with van der Waals surface area (Å²) in [5, 5.41) is 0. The van der Waals surface area contributed by atoms with Gasteiger partial charge in [-0.05, 0) is 55.1 Å². The summed E-state index contributed by atoms with van der Waals surface area (Å²) in [5.74, 6) is 1.47. The molecule has 0 N–H and O–H groups in total. The van der Waals surface area contributed by atoms with Crippen LogP contribution in [0.4, 0.5) is 0 Å². The molecule has 0 atom stereocenters. The van der Waals surface area contributed by atoms with Crippen molar-refractivity contribution in [2.24, 2.45) is 5.92 Å². The summed E-state index contributed by atoms with van der Waals surface area (Å²) in [4.78, 5) is 0. The van der Waals surface area contributed by atoms with Gasteiger partial charge in [0.1, 0.15) is 0 Å². The standard InChI is InChI=1S/C17H23Cl/c1-2-3-14-4-8-16(9-5-14)17-10-6-15(7-11-17)12-13-18/h4-5,8-9,12-13,15,17H,2-3,6-7,10-11H2,1H3/b13-12+/t15-,17-. The summed E-state index contributed by atoms with van der Waals surface area (Å²) < 4.78 is 0. The summed E-state index contributed by atoms with van der Waals surface area (Å²) in [6.45, 7) is 2.24. The van der Waals surface area contributed by atoms with Gasteiger partial charge >= 0.3 is 0 Å². The Kier molecular flexibility index (Phi) is 5.31. The largest absolute Gasteiger partial charge is 0.0933 e. The maximum Gasteiger partial charge on any atom is 0.000525 e. The molecule has 1 aromatic carbocycles. The zero-order valence-corrected chi connectivity index (χ0v) is 12.0. The monoisotopic (exact) mass is 262 g/mol. The molecule has 2 rings (SSSR count). The molecule has 1 heteroatoms. The lowest BCUT2D eigenvalue weighted by molar-refractivity contribution is 0.376. The molecule has 98 valence electrons. The predicted molar refractivity (Wildman–Crippen MR) is 80.1 cm³/mol. The Labute approximate surface area is 116 Å². The van der Waals surface area contributed by atoms with Gasteiger partial charge < -0.3 is 0 Å². The molecule has 1 saturated carbocycles. The third kappa shape index (κ3) is 3.62. The molecule has 1 aliphatic carbocycles. The van der Waals surface area contributed by atoms with Gasteiger partial charge in [0.15, 0.2) is 0 Å². The van der Waals surface area contributed by atoms with Gasteiger partial charge in [-0.2, -0.15) is 0 Å². The van der Waals surface area contributed by atoms with Gasteiger partial charge in [-0.15, -0.1) is 0 Å². The van der Waals surface area contributed by atoms with Gasteiger partial charge in [0.2, 0.25) is 0 Å². The van der Waals surface area contributed by atoms with E-state index in [1.807, 2.05) is 0 Å². The lowest BCUT2D eigenvalue weighted by atomic mass is 9.78. The molecule has 0 radical (unpaired) electrons. The lowest BCUT2D eigenvalue weighted by Gasteiger charge is -2.27. The van der Waals surface area contributed by atoms with Crippen LogP contribution in [-0.2, 0) is 6.42 Å². The maximum absolute atomic E-state index is 5.65. The van der Waals surface area contributed by atoms with Gasteiger partial charge in [0.25, 0.3) is 0 Å². The van der Waals surface area contributed by atoms with Gasteiger partial charge in [0, 0.05) is 5.54 Å². The number of benzene rings is 1. The first-order valence-corrected chi connectivity index (χ1v) is 7.63. The minimum Gasteiger partial charge on any atom is -0.0933 e. The van der Waals surface area contributed by atoms with Crippen molar-refractivity contribution < 1.29 is 0 Å². The predicted octanol–water partition coefficient (Wildman–Crippen LogP) is 5.67. The number of aryl methyl sites for hydroxylation is 1. The second-order valence-corrected chi connectivity index (χ2v) is 5.67. The van der Waals surface area contributed by atoms with E-state index < -0.39 is 0 Å². The Morgan fingerprint density at radius 2 is 1.78 bits per heavy atom. The molecule has 0 bridgehead atoms. The van der Waals surface area contributed by atoms with Gasteiger partial charge in [0.05, 0.1) is 0 Å². The Bertz CT molecular complexity index is 369. The average Bonchev–Trinajstić information content (AvgIpc) is 2.41. The van der Waals surface area contributed by atoms with Crippen molar-refractivity contribution in [3.63, 3.8) is 0 Å². The maximum atomic E-state index is 5.65. The molecule has 0 aliphatic heterocycles. The van der Waals surface area contributed by atoms with Crippen LogP contribution >= 0.6 is 11.6 Å². The van der Waals surface area contributed by atoms with Crippen LogP contribution in [0.2, 0.25) is 0 Å². The van der Waals surface area contributed by atoms with Crippen molar-refractivity contribution in [2.75, 3.05) is 0 Å². The number of rotatable bonds is 4. The van der Waals surface area contributed by atoms with E-state index in [0.717, 1.165) is 5.92 Å². The zero-order valence-electron chi connectivity index (χ0n) is 11.2. The minimum absolute atomic E-state index is 0.707. The average molecular weight is 263 g/mol. The fraction of sp³-hybridized carbons (Fsp3) is 0.529. The van der Waals surface area contributed by atoms with Crippen molar-refractivity contribution in [1.82, 2.24) is 0 Å². The van der Waals surface area contributed by atoms with Crippen LogP contribution in [-0.4, -0.2) is 0 Å². The quantitative estimate of drug-likeness (QED) is 0.656. The van der Waals surface area contributed by atoms with E-state index in [2.05, 4.69) is 37.3 Å². The third-order valence-electron chi connectivity index (χ3n) is 4.11. The molecule has 0 unspecified atom stereocenters. The third-order valence-corrected chi connectivity index (χ3v) is 4.25. The van der Waals surface area contributed by atoms with E-state index >= 15 is 0 Å². The van der Waals surface area contributed by atoms with Gasteiger partial charge in [-0.25, -0.2) is 0 Å². The minimum atomic E-state index is 0.707. The highest BCUT2D eigenvalue weighted by molar-refractivity contribution is 6.25. The van der Waals surface area contributed by atoms with Gasteiger partial charge in [-0.1, -0.05) is 55.3 Å².